The first-order valence-electron chi connectivity index (χ1n) is 6.44. The molecule has 2 aromatic rings. The van der Waals surface area contributed by atoms with E-state index in [1.54, 1.807) is 31.2 Å². The smallest absolute Gasteiger partial charge is 0.133 e. The summed E-state index contributed by atoms with van der Waals surface area (Å²) in [6.45, 7) is 1.74. The van der Waals surface area contributed by atoms with Gasteiger partial charge in [-0.1, -0.05) is 15.9 Å². The molecule has 0 fully saturated rings. The number of ether oxygens (including phenoxy) is 2. The van der Waals surface area contributed by atoms with E-state index in [1.807, 2.05) is 6.07 Å². The fraction of sp³-hybridized carbons (Fsp3) is 0.250. The van der Waals surface area contributed by atoms with Gasteiger partial charge in [-0.05, 0) is 37.3 Å². The lowest BCUT2D eigenvalue weighted by Crippen LogP contribution is -2.03. The van der Waals surface area contributed by atoms with E-state index >= 15 is 0 Å². The van der Waals surface area contributed by atoms with Gasteiger partial charge in [-0.15, -0.1) is 0 Å². The number of hydrogen-bond donors (Lipinski definition) is 1. The largest absolute Gasteiger partial charge is 0.497 e. The van der Waals surface area contributed by atoms with Gasteiger partial charge >= 0.3 is 0 Å². The molecule has 5 heteroatoms. The SMILES string of the molecule is COc1ccc(COc2ccc(Br)cc2[C@@H](C)O)c(F)c1. The Hall–Kier alpha value is -1.59. The average molecular weight is 355 g/mol. The topological polar surface area (TPSA) is 38.7 Å². The van der Waals surface area contributed by atoms with Gasteiger partial charge in [-0.25, -0.2) is 4.39 Å². The van der Waals surface area contributed by atoms with Crippen LogP contribution in [-0.4, -0.2) is 12.2 Å². The first-order chi connectivity index (χ1) is 10.0. The molecule has 0 aliphatic carbocycles. The fourth-order valence-electron chi connectivity index (χ4n) is 1.90. The van der Waals surface area contributed by atoms with E-state index in [0.717, 1.165) is 4.47 Å². The van der Waals surface area contributed by atoms with Crippen molar-refractivity contribution in [3.63, 3.8) is 0 Å². The average Bonchev–Trinajstić information content (AvgIpc) is 2.46. The fourth-order valence-corrected chi connectivity index (χ4v) is 2.28. The Labute approximate surface area is 131 Å². The summed E-state index contributed by atoms with van der Waals surface area (Å²) in [4.78, 5) is 0. The summed E-state index contributed by atoms with van der Waals surface area (Å²) in [7, 11) is 1.49. The molecule has 2 aromatic carbocycles. The van der Waals surface area contributed by atoms with Gasteiger partial charge in [0, 0.05) is 21.7 Å². The van der Waals surface area contributed by atoms with E-state index in [4.69, 9.17) is 9.47 Å². The molecular formula is C16H16BrFO3. The van der Waals surface area contributed by atoms with Crippen LogP contribution >= 0.6 is 15.9 Å². The van der Waals surface area contributed by atoms with E-state index in [1.165, 1.54) is 13.2 Å². The van der Waals surface area contributed by atoms with Crippen molar-refractivity contribution in [2.24, 2.45) is 0 Å². The van der Waals surface area contributed by atoms with Crippen LogP contribution in [-0.2, 0) is 6.61 Å². The van der Waals surface area contributed by atoms with Crippen LogP contribution in [0.2, 0.25) is 0 Å². The maximum atomic E-state index is 13.8. The third kappa shape index (κ3) is 3.95. The van der Waals surface area contributed by atoms with Crippen molar-refractivity contribution < 1.29 is 19.0 Å². The zero-order valence-corrected chi connectivity index (χ0v) is 13.4. The van der Waals surface area contributed by atoms with Gasteiger partial charge in [-0.3, -0.25) is 0 Å². The number of hydrogen-bond acceptors (Lipinski definition) is 3. The quantitative estimate of drug-likeness (QED) is 0.873. The molecule has 0 unspecified atom stereocenters. The van der Waals surface area contributed by atoms with Crippen molar-refractivity contribution in [1.29, 1.82) is 0 Å². The van der Waals surface area contributed by atoms with Crippen molar-refractivity contribution in [2.45, 2.75) is 19.6 Å². The molecule has 3 nitrogen and oxygen atoms in total. The number of methoxy groups -OCH3 is 1. The van der Waals surface area contributed by atoms with Crippen LogP contribution in [0.5, 0.6) is 11.5 Å². The Bertz CT molecular complexity index is 629. The van der Waals surface area contributed by atoms with Crippen LogP contribution in [0.1, 0.15) is 24.2 Å². The molecule has 0 saturated carbocycles. The predicted octanol–water partition coefficient (Wildman–Crippen LogP) is 4.23. The summed E-state index contributed by atoms with van der Waals surface area (Å²) in [5, 5.41) is 9.76. The highest BCUT2D eigenvalue weighted by Gasteiger charge is 2.11. The van der Waals surface area contributed by atoms with Crippen LogP contribution in [0.15, 0.2) is 40.9 Å². The summed E-state index contributed by atoms with van der Waals surface area (Å²) < 4.78 is 25.3. The number of aliphatic hydroxyl groups excluding tert-OH is 1. The Balaban J connectivity index is 2.16. The van der Waals surface area contributed by atoms with E-state index in [9.17, 15) is 9.50 Å². The molecular weight excluding hydrogens is 339 g/mol. The lowest BCUT2D eigenvalue weighted by Gasteiger charge is -2.14. The van der Waals surface area contributed by atoms with Crippen molar-refractivity contribution >= 4 is 15.9 Å². The van der Waals surface area contributed by atoms with Gasteiger partial charge in [-0.2, -0.15) is 0 Å². The molecule has 0 aliphatic rings. The zero-order chi connectivity index (χ0) is 15.4. The highest BCUT2D eigenvalue weighted by molar-refractivity contribution is 9.10. The maximum Gasteiger partial charge on any atom is 0.133 e. The number of aliphatic hydroxyl groups is 1. The molecule has 0 saturated heterocycles. The van der Waals surface area contributed by atoms with Crippen molar-refractivity contribution in [3.05, 3.63) is 57.8 Å². The molecule has 0 heterocycles. The van der Waals surface area contributed by atoms with Gasteiger partial charge in [0.15, 0.2) is 0 Å². The Kier molecular flexibility index (Phi) is 5.20. The van der Waals surface area contributed by atoms with Crippen LogP contribution in [0, 0.1) is 5.82 Å². The molecule has 1 N–H and O–H groups in total. The van der Waals surface area contributed by atoms with Crippen molar-refractivity contribution in [1.82, 2.24) is 0 Å². The third-order valence-corrected chi connectivity index (χ3v) is 3.56. The highest BCUT2D eigenvalue weighted by atomic mass is 79.9. The second-order valence-corrected chi connectivity index (χ2v) is 5.52. The van der Waals surface area contributed by atoms with Gasteiger partial charge in [0.1, 0.15) is 23.9 Å². The Morgan fingerprint density at radius 3 is 2.62 bits per heavy atom. The van der Waals surface area contributed by atoms with Crippen molar-refractivity contribution in [3.8, 4) is 11.5 Å². The first-order valence-corrected chi connectivity index (χ1v) is 7.23. The summed E-state index contributed by atoms with van der Waals surface area (Å²) in [6.07, 6.45) is -0.668. The van der Waals surface area contributed by atoms with Crippen LogP contribution < -0.4 is 9.47 Å². The highest BCUT2D eigenvalue weighted by Crippen LogP contribution is 2.29. The summed E-state index contributed by atoms with van der Waals surface area (Å²) in [5.41, 5.74) is 1.08. The minimum Gasteiger partial charge on any atom is -0.497 e. The maximum absolute atomic E-state index is 13.8. The summed E-state index contributed by atoms with van der Waals surface area (Å²) >= 11 is 3.35. The number of rotatable bonds is 5. The molecule has 0 amide bonds. The first kappa shape index (κ1) is 15.8. The summed E-state index contributed by atoms with van der Waals surface area (Å²) in [6, 6.07) is 9.95. The number of halogens is 2. The van der Waals surface area contributed by atoms with Crippen LogP contribution in [0.4, 0.5) is 4.39 Å². The predicted molar refractivity (Wildman–Crippen MR) is 82.1 cm³/mol. The molecule has 0 aromatic heterocycles. The molecule has 0 spiro atoms. The van der Waals surface area contributed by atoms with Gasteiger partial charge < -0.3 is 14.6 Å². The van der Waals surface area contributed by atoms with Gasteiger partial charge in [0.2, 0.25) is 0 Å². The molecule has 21 heavy (non-hydrogen) atoms. The Morgan fingerprint density at radius 2 is 2.00 bits per heavy atom. The van der Waals surface area contributed by atoms with Crippen LogP contribution in [0.3, 0.4) is 0 Å². The Morgan fingerprint density at radius 1 is 1.24 bits per heavy atom. The lowest BCUT2D eigenvalue weighted by molar-refractivity contribution is 0.189. The molecule has 1 atom stereocenters. The zero-order valence-electron chi connectivity index (χ0n) is 11.8. The molecule has 0 aliphatic heterocycles. The molecule has 112 valence electrons. The van der Waals surface area contributed by atoms with E-state index in [-0.39, 0.29) is 12.4 Å². The lowest BCUT2D eigenvalue weighted by atomic mass is 10.1. The third-order valence-electron chi connectivity index (χ3n) is 3.07. The monoisotopic (exact) mass is 354 g/mol. The van der Waals surface area contributed by atoms with E-state index in [0.29, 0.717) is 22.6 Å². The van der Waals surface area contributed by atoms with E-state index < -0.39 is 6.10 Å². The minimum atomic E-state index is -0.668. The standard InChI is InChI=1S/C16H16BrFO3/c1-10(19)14-7-12(17)4-6-16(14)21-9-11-3-5-13(20-2)8-15(11)18/h3-8,10,19H,9H2,1-2H3/t10-/m1/s1. The van der Waals surface area contributed by atoms with E-state index in [2.05, 4.69) is 15.9 Å². The van der Waals surface area contributed by atoms with Crippen molar-refractivity contribution in [2.75, 3.05) is 7.11 Å². The van der Waals surface area contributed by atoms with Gasteiger partial charge in [0.25, 0.3) is 0 Å². The normalized spacial score (nSPS) is 12.0. The van der Waals surface area contributed by atoms with Crippen LogP contribution in [0.25, 0.3) is 0 Å². The second kappa shape index (κ2) is 6.91. The van der Waals surface area contributed by atoms with Gasteiger partial charge in [0.05, 0.1) is 13.2 Å². The molecule has 0 bridgehead atoms. The molecule has 2 rings (SSSR count). The number of benzene rings is 2. The molecule has 0 radical (unpaired) electrons. The minimum absolute atomic E-state index is 0.0805. The second-order valence-electron chi connectivity index (χ2n) is 4.60. The summed E-state index contributed by atoms with van der Waals surface area (Å²) in [5.74, 6) is 0.609.